The summed E-state index contributed by atoms with van der Waals surface area (Å²) in [5.41, 5.74) is 0. The molecule has 0 unspecified atom stereocenters. The van der Waals surface area contributed by atoms with E-state index in [0.29, 0.717) is 12.1 Å². The van der Waals surface area contributed by atoms with E-state index in [1.54, 1.807) is 0 Å². The third kappa shape index (κ3) is 4.80. The van der Waals surface area contributed by atoms with Crippen molar-refractivity contribution in [3.05, 3.63) is 24.0 Å². The molecule has 0 bridgehead atoms. The van der Waals surface area contributed by atoms with Crippen LogP contribution in [0.1, 0.15) is 0 Å². The van der Waals surface area contributed by atoms with Crippen molar-refractivity contribution in [2.45, 2.75) is 11.3 Å². The first-order chi connectivity index (χ1) is 7.11. The van der Waals surface area contributed by atoms with Crippen LogP contribution >= 0.6 is 0 Å². The summed E-state index contributed by atoms with van der Waals surface area (Å²) in [4.78, 5) is -1.66. The van der Waals surface area contributed by atoms with E-state index < -0.39 is 32.9 Å². The number of benzene rings is 1. The normalized spacial score (nSPS) is 11.8. The van der Waals surface area contributed by atoms with Crippen LogP contribution in [0.5, 0.6) is 5.75 Å². The topological polar surface area (TPSA) is 66.4 Å². The maximum Gasteiger partial charge on any atom is 1.00 e. The molecular formula is C7H3F4NaO4S. The van der Waals surface area contributed by atoms with Gasteiger partial charge in [0.05, 0.1) is 0 Å². The zero-order chi connectivity index (χ0) is 12.6. The van der Waals surface area contributed by atoms with E-state index >= 15 is 0 Å². The minimum absolute atomic E-state index is 0. The maximum atomic E-state index is 12.9. The molecule has 0 saturated heterocycles. The average Bonchev–Trinajstić information content (AvgIpc) is 1.97. The minimum Gasteiger partial charge on any atom is -0.744 e. The van der Waals surface area contributed by atoms with Crippen molar-refractivity contribution in [2.75, 3.05) is 0 Å². The molecule has 10 heteroatoms. The second kappa shape index (κ2) is 5.53. The Balaban J connectivity index is 0.00000256. The van der Waals surface area contributed by atoms with Crippen molar-refractivity contribution in [1.29, 1.82) is 0 Å². The van der Waals surface area contributed by atoms with Crippen LogP contribution in [0, 0.1) is 5.82 Å². The predicted molar refractivity (Wildman–Crippen MR) is 41.0 cm³/mol. The molecule has 0 heterocycles. The molecule has 17 heavy (non-hydrogen) atoms. The predicted octanol–water partition coefficient (Wildman–Crippen LogP) is -1.37. The second-order valence-corrected chi connectivity index (χ2v) is 3.89. The summed E-state index contributed by atoms with van der Waals surface area (Å²) in [5, 5.41) is 0. The number of hydrogen-bond acceptors (Lipinski definition) is 4. The van der Waals surface area contributed by atoms with Crippen LogP contribution in [-0.4, -0.2) is 19.3 Å². The third-order valence-corrected chi connectivity index (χ3v) is 2.30. The van der Waals surface area contributed by atoms with Crippen LogP contribution < -0.4 is 34.3 Å². The first kappa shape index (κ1) is 16.6. The SMILES string of the molecule is O=S(=O)([O-])c1c(F)cccc1OC(F)(F)F.[Na+]. The largest absolute Gasteiger partial charge is 1.00 e. The molecule has 0 saturated carbocycles. The van der Waals surface area contributed by atoms with Crippen molar-refractivity contribution in [3.8, 4) is 5.75 Å². The van der Waals surface area contributed by atoms with Crippen LogP contribution in [0.3, 0.4) is 0 Å². The van der Waals surface area contributed by atoms with Crippen LogP contribution in [0.2, 0.25) is 0 Å². The molecule has 90 valence electrons. The van der Waals surface area contributed by atoms with Gasteiger partial charge in [0, 0.05) is 0 Å². The van der Waals surface area contributed by atoms with Crippen LogP contribution in [0.25, 0.3) is 0 Å². The first-order valence-corrected chi connectivity index (χ1v) is 5.02. The number of ether oxygens (including phenoxy) is 1. The summed E-state index contributed by atoms with van der Waals surface area (Å²) in [6.45, 7) is 0. The van der Waals surface area contributed by atoms with Gasteiger partial charge in [-0.05, 0) is 12.1 Å². The van der Waals surface area contributed by atoms with Gasteiger partial charge in [-0.3, -0.25) is 0 Å². The van der Waals surface area contributed by atoms with E-state index in [1.807, 2.05) is 0 Å². The van der Waals surface area contributed by atoms with Crippen molar-refractivity contribution >= 4 is 10.1 Å². The first-order valence-electron chi connectivity index (χ1n) is 3.61. The minimum atomic E-state index is -5.39. The Hall–Kier alpha value is -0.350. The fraction of sp³-hybridized carbons (Fsp3) is 0.143. The molecule has 0 fully saturated rings. The van der Waals surface area contributed by atoms with E-state index in [-0.39, 0.29) is 29.6 Å². The fourth-order valence-corrected chi connectivity index (χ4v) is 1.60. The number of halogens is 4. The van der Waals surface area contributed by atoms with Gasteiger partial charge < -0.3 is 9.29 Å². The van der Waals surface area contributed by atoms with Crippen molar-refractivity contribution in [2.24, 2.45) is 0 Å². The summed E-state index contributed by atoms with van der Waals surface area (Å²) in [7, 11) is -5.39. The molecule has 1 rings (SSSR count). The molecule has 1 aromatic rings. The third-order valence-electron chi connectivity index (χ3n) is 1.41. The molecule has 0 radical (unpaired) electrons. The molecule has 0 aliphatic rings. The summed E-state index contributed by atoms with van der Waals surface area (Å²) >= 11 is 0. The van der Waals surface area contributed by atoms with E-state index in [1.165, 1.54) is 0 Å². The Morgan fingerprint density at radius 1 is 1.24 bits per heavy atom. The van der Waals surface area contributed by atoms with Crippen molar-refractivity contribution in [3.63, 3.8) is 0 Å². The van der Waals surface area contributed by atoms with Gasteiger partial charge in [0.1, 0.15) is 26.6 Å². The number of alkyl halides is 3. The van der Waals surface area contributed by atoms with Gasteiger partial charge in [-0.2, -0.15) is 0 Å². The van der Waals surface area contributed by atoms with Crippen molar-refractivity contribution < 1.29 is 64.8 Å². The quantitative estimate of drug-likeness (QED) is 0.381. The van der Waals surface area contributed by atoms with Crippen LogP contribution in [0.4, 0.5) is 17.6 Å². The Kier molecular flexibility index (Phi) is 5.41. The molecule has 0 aliphatic heterocycles. The number of hydrogen-bond donors (Lipinski definition) is 0. The maximum absolute atomic E-state index is 12.9. The molecule has 0 spiro atoms. The molecule has 0 aliphatic carbocycles. The Morgan fingerprint density at radius 2 is 1.76 bits per heavy atom. The zero-order valence-corrected chi connectivity index (χ0v) is 11.1. The Bertz CT molecular complexity index is 499. The van der Waals surface area contributed by atoms with E-state index in [4.69, 9.17) is 0 Å². The van der Waals surface area contributed by atoms with Gasteiger partial charge in [-0.25, -0.2) is 12.8 Å². The van der Waals surface area contributed by atoms with Gasteiger partial charge in [0.25, 0.3) is 0 Å². The molecule has 0 N–H and O–H groups in total. The molecule has 4 nitrogen and oxygen atoms in total. The molecule has 1 aromatic carbocycles. The van der Waals surface area contributed by atoms with Gasteiger partial charge in [0.15, 0.2) is 0 Å². The average molecular weight is 282 g/mol. The second-order valence-electron chi connectivity index (χ2n) is 2.57. The standard InChI is InChI=1S/C7H4F4O4S.Na/c8-4-2-1-3-5(15-7(9,10)11)6(4)16(12,13)14;/h1-3H,(H,12,13,14);/q;+1/p-1. The monoisotopic (exact) mass is 282 g/mol. The van der Waals surface area contributed by atoms with E-state index in [9.17, 15) is 30.5 Å². The Labute approximate surface area is 116 Å². The fourth-order valence-electron chi connectivity index (χ4n) is 0.937. The molecule has 0 atom stereocenters. The number of rotatable bonds is 2. The molecule has 0 amide bonds. The van der Waals surface area contributed by atoms with E-state index in [0.717, 1.165) is 6.07 Å². The summed E-state index contributed by atoms with van der Waals surface area (Å²) in [6, 6.07) is 1.85. The Morgan fingerprint density at radius 3 is 2.18 bits per heavy atom. The van der Waals surface area contributed by atoms with Gasteiger partial charge >= 0.3 is 35.9 Å². The summed E-state index contributed by atoms with van der Waals surface area (Å²) < 4.78 is 83.1. The van der Waals surface area contributed by atoms with Crippen LogP contribution in [-0.2, 0) is 10.1 Å². The van der Waals surface area contributed by atoms with Gasteiger partial charge in [0.2, 0.25) is 0 Å². The van der Waals surface area contributed by atoms with Crippen LogP contribution in [0.15, 0.2) is 23.1 Å². The van der Waals surface area contributed by atoms with Crippen molar-refractivity contribution in [1.82, 2.24) is 0 Å². The van der Waals surface area contributed by atoms with E-state index in [2.05, 4.69) is 4.74 Å². The summed E-state index contributed by atoms with van der Waals surface area (Å²) in [6.07, 6.45) is -5.22. The summed E-state index contributed by atoms with van der Waals surface area (Å²) in [5.74, 6) is -2.99. The van der Waals surface area contributed by atoms with Gasteiger partial charge in [-0.15, -0.1) is 13.2 Å². The molecule has 0 aromatic heterocycles. The van der Waals surface area contributed by atoms with Gasteiger partial charge in [-0.1, -0.05) is 6.07 Å². The zero-order valence-electron chi connectivity index (χ0n) is 8.29. The molecular weight excluding hydrogens is 279 g/mol. The smallest absolute Gasteiger partial charge is 0.744 e.